The molecular formula is C24H27IN2O6. The van der Waals surface area contributed by atoms with Crippen molar-refractivity contribution in [1.29, 1.82) is 0 Å². The van der Waals surface area contributed by atoms with Crippen LogP contribution in [0.3, 0.4) is 0 Å². The van der Waals surface area contributed by atoms with Gasteiger partial charge in [0.1, 0.15) is 12.2 Å². The monoisotopic (exact) mass is 566 g/mol. The van der Waals surface area contributed by atoms with Crippen molar-refractivity contribution in [1.82, 2.24) is 9.13 Å². The standard InChI is InChI=1S/C24H27IN2O6/c1-23(2,3)31-13-15-11-17(19-18(15)32-24(4,5)33-19)26-12-16(25)21(29)27(22(26)30)20(28)14-9-7-6-8-10-14/h6-12,17-19H,13H2,1-5H3/t17-,18-,19+/m1/s1. The zero-order valence-electron chi connectivity index (χ0n) is 19.2. The Morgan fingerprint density at radius 1 is 1.15 bits per heavy atom. The minimum absolute atomic E-state index is 0.249. The van der Waals surface area contributed by atoms with Crippen molar-refractivity contribution in [3.8, 4) is 0 Å². The van der Waals surface area contributed by atoms with E-state index >= 15 is 0 Å². The summed E-state index contributed by atoms with van der Waals surface area (Å²) in [6.45, 7) is 9.84. The van der Waals surface area contributed by atoms with Gasteiger partial charge < -0.3 is 14.2 Å². The second-order valence-corrected chi connectivity index (χ2v) is 10.8. The highest BCUT2D eigenvalue weighted by Gasteiger charge is 2.51. The molecule has 176 valence electrons. The van der Waals surface area contributed by atoms with E-state index in [1.54, 1.807) is 30.3 Å². The summed E-state index contributed by atoms with van der Waals surface area (Å²) in [6, 6.07) is 7.71. The normalized spacial score (nSPS) is 23.9. The Morgan fingerprint density at radius 3 is 2.45 bits per heavy atom. The molecule has 2 heterocycles. The molecule has 1 aliphatic carbocycles. The van der Waals surface area contributed by atoms with Crippen LogP contribution in [0, 0.1) is 3.57 Å². The van der Waals surface area contributed by atoms with Crippen LogP contribution in [0.25, 0.3) is 0 Å². The maximum atomic E-state index is 13.5. The maximum Gasteiger partial charge on any atom is 0.338 e. The first-order valence-corrected chi connectivity index (χ1v) is 11.8. The Bertz CT molecular complexity index is 1220. The third-order valence-electron chi connectivity index (χ3n) is 5.50. The molecule has 2 aromatic rings. The van der Waals surface area contributed by atoms with Gasteiger partial charge in [-0.1, -0.05) is 24.3 Å². The molecule has 1 aliphatic heterocycles. The van der Waals surface area contributed by atoms with Crippen LogP contribution in [-0.2, 0) is 14.2 Å². The highest BCUT2D eigenvalue weighted by Crippen LogP contribution is 2.43. The summed E-state index contributed by atoms with van der Waals surface area (Å²) in [5.74, 6) is -1.52. The van der Waals surface area contributed by atoms with Crippen LogP contribution in [0.2, 0.25) is 0 Å². The average Bonchev–Trinajstić information content (AvgIpc) is 3.22. The van der Waals surface area contributed by atoms with E-state index in [9.17, 15) is 14.4 Å². The molecule has 0 spiro atoms. The minimum atomic E-state index is -0.847. The number of rotatable bonds is 4. The van der Waals surface area contributed by atoms with Crippen LogP contribution in [0.5, 0.6) is 0 Å². The summed E-state index contributed by atoms with van der Waals surface area (Å²) in [5, 5.41) is 0. The lowest BCUT2D eigenvalue weighted by molar-refractivity contribution is -0.148. The van der Waals surface area contributed by atoms with Crippen molar-refractivity contribution in [2.75, 3.05) is 6.61 Å². The molecule has 1 aromatic heterocycles. The first-order chi connectivity index (χ1) is 15.4. The molecule has 1 aromatic carbocycles. The SMILES string of the molecule is CC(C)(C)OCC1=C[C@@H](n2cc(I)c(=O)n(C(=O)c3ccccc3)c2=O)[C@@H]2OC(C)(C)O[C@H]12. The van der Waals surface area contributed by atoms with Crippen LogP contribution >= 0.6 is 22.6 Å². The number of nitrogens with zero attached hydrogens (tertiary/aromatic N) is 2. The number of benzene rings is 1. The lowest BCUT2D eigenvalue weighted by Crippen LogP contribution is -2.47. The third kappa shape index (κ3) is 4.77. The number of carbonyl (C=O) groups is 1. The molecule has 1 saturated heterocycles. The van der Waals surface area contributed by atoms with Gasteiger partial charge in [-0.15, -0.1) is 0 Å². The van der Waals surface area contributed by atoms with Gasteiger partial charge in [0, 0.05) is 11.8 Å². The van der Waals surface area contributed by atoms with Gasteiger partial charge in [-0.05, 0) is 74.9 Å². The Hall–Kier alpha value is -2.08. The van der Waals surface area contributed by atoms with E-state index < -0.39 is 41.2 Å². The zero-order valence-corrected chi connectivity index (χ0v) is 21.4. The number of halogens is 1. The Balaban J connectivity index is 1.80. The molecule has 0 unspecified atom stereocenters. The van der Waals surface area contributed by atoms with E-state index in [-0.39, 0.29) is 14.7 Å². The Kier molecular flexibility index (Phi) is 6.27. The molecule has 3 atom stereocenters. The largest absolute Gasteiger partial charge is 0.371 e. The van der Waals surface area contributed by atoms with E-state index in [1.807, 2.05) is 63.3 Å². The highest BCUT2D eigenvalue weighted by molar-refractivity contribution is 14.1. The fourth-order valence-electron chi connectivity index (χ4n) is 4.05. The lowest BCUT2D eigenvalue weighted by atomic mass is 10.1. The van der Waals surface area contributed by atoms with Gasteiger partial charge in [-0.2, -0.15) is 4.57 Å². The van der Waals surface area contributed by atoms with Crippen LogP contribution in [-0.4, -0.2) is 45.2 Å². The number of aromatic nitrogens is 2. The molecule has 33 heavy (non-hydrogen) atoms. The first kappa shape index (κ1) is 24.1. The van der Waals surface area contributed by atoms with Crippen LogP contribution in [0.4, 0.5) is 0 Å². The van der Waals surface area contributed by atoms with Crippen molar-refractivity contribution < 1.29 is 19.0 Å². The molecule has 0 N–H and O–H groups in total. The predicted octanol–water partition coefficient (Wildman–Crippen LogP) is 3.12. The number of ether oxygens (including phenoxy) is 3. The summed E-state index contributed by atoms with van der Waals surface area (Å²) < 4.78 is 20.6. The molecule has 0 radical (unpaired) electrons. The minimum Gasteiger partial charge on any atom is -0.371 e. The van der Waals surface area contributed by atoms with Gasteiger partial charge in [0.15, 0.2) is 5.79 Å². The molecule has 0 bridgehead atoms. The lowest BCUT2D eigenvalue weighted by Gasteiger charge is -2.23. The van der Waals surface area contributed by atoms with Crippen LogP contribution in [0.1, 0.15) is 51.0 Å². The Labute approximate surface area is 205 Å². The predicted molar refractivity (Wildman–Crippen MR) is 130 cm³/mol. The average molecular weight is 566 g/mol. The molecule has 0 saturated carbocycles. The number of hydrogen-bond acceptors (Lipinski definition) is 6. The van der Waals surface area contributed by atoms with Crippen molar-refractivity contribution in [2.45, 2.75) is 64.3 Å². The second-order valence-electron chi connectivity index (χ2n) is 9.63. The molecule has 0 amide bonds. The Morgan fingerprint density at radius 2 is 1.82 bits per heavy atom. The van der Waals surface area contributed by atoms with Crippen LogP contribution < -0.4 is 11.2 Å². The van der Waals surface area contributed by atoms with Gasteiger partial charge >= 0.3 is 5.69 Å². The first-order valence-electron chi connectivity index (χ1n) is 10.7. The van der Waals surface area contributed by atoms with Gasteiger partial charge in [-0.3, -0.25) is 14.2 Å². The van der Waals surface area contributed by atoms with Crippen molar-refractivity contribution >= 4 is 28.5 Å². The van der Waals surface area contributed by atoms with Crippen LogP contribution in [0.15, 0.2) is 57.8 Å². The van der Waals surface area contributed by atoms with Gasteiger partial charge in [-0.25, -0.2) is 4.79 Å². The molecule has 8 nitrogen and oxygen atoms in total. The van der Waals surface area contributed by atoms with Gasteiger partial charge in [0.05, 0.1) is 21.8 Å². The topological polar surface area (TPSA) is 88.8 Å². The fourth-order valence-corrected chi connectivity index (χ4v) is 4.59. The summed E-state index contributed by atoms with van der Waals surface area (Å²) in [5.41, 5.74) is -0.610. The summed E-state index contributed by atoms with van der Waals surface area (Å²) in [4.78, 5) is 39.3. The van der Waals surface area contributed by atoms with E-state index in [0.717, 1.165) is 5.57 Å². The highest BCUT2D eigenvalue weighted by atomic mass is 127. The van der Waals surface area contributed by atoms with E-state index in [2.05, 4.69) is 0 Å². The number of carbonyl (C=O) groups excluding carboxylic acids is 1. The van der Waals surface area contributed by atoms with E-state index in [1.165, 1.54) is 10.8 Å². The molecule has 4 rings (SSSR count). The van der Waals surface area contributed by atoms with E-state index in [0.29, 0.717) is 11.2 Å². The molecular weight excluding hydrogens is 539 g/mol. The summed E-state index contributed by atoms with van der Waals surface area (Å²) >= 11 is 1.85. The zero-order chi connectivity index (χ0) is 24.1. The van der Waals surface area contributed by atoms with E-state index in [4.69, 9.17) is 14.2 Å². The van der Waals surface area contributed by atoms with Crippen molar-refractivity contribution in [3.63, 3.8) is 0 Å². The van der Waals surface area contributed by atoms with Gasteiger partial charge in [0.2, 0.25) is 0 Å². The number of fused-ring (bicyclic) bond motifs is 1. The van der Waals surface area contributed by atoms with Gasteiger partial charge in [0.25, 0.3) is 11.5 Å². The molecule has 1 fully saturated rings. The maximum absolute atomic E-state index is 13.5. The smallest absolute Gasteiger partial charge is 0.338 e. The quantitative estimate of drug-likeness (QED) is 0.418. The molecule has 9 heteroatoms. The van der Waals surface area contributed by atoms with Crippen molar-refractivity contribution in [3.05, 3.63) is 78.1 Å². The summed E-state index contributed by atoms with van der Waals surface area (Å²) in [7, 11) is 0. The summed E-state index contributed by atoms with van der Waals surface area (Å²) in [6.07, 6.45) is 2.46. The number of hydrogen-bond donors (Lipinski definition) is 0. The molecule has 2 aliphatic rings. The fraction of sp³-hybridized carbons (Fsp3) is 0.458. The second kappa shape index (κ2) is 8.61. The van der Waals surface area contributed by atoms with Crippen molar-refractivity contribution in [2.24, 2.45) is 0 Å². The third-order valence-corrected chi connectivity index (χ3v) is 6.24.